The standard InChI is InChI=1S/C23H30N4O3/c1-15(18-8-6-14-27(18)2)29-22-24-13-10-17(25-22)20-16-7-5-12-23(21(16)30-26-20)11-4-3-9-19(23)28/h10,13,15,18H,3-9,11-12,14H2,1-2H3/t15-,18-,23+/m0/s1. The Labute approximate surface area is 177 Å². The second-order valence-electron chi connectivity index (χ2n) is 9.14. The van der Waals surface area contributed by atoms with Gasteiger partial charge < -0.3 is 9.26 Å². The first-order chi connectivity index (χ1) is 14.6. The molecular formula is C23H30N4O3. The Bertz CT molecular complexity index is 942. The smallest absolute Gasteiger partial charge is 0.317 e. The molecule has 3 atom stereocenters. The lowest BCUT2D eigenvalue weighted by Crippen LogP contribution is -2.41. The van der Waals surface area contributed by atoms with Gasteiger partial charge in [-0.15, -0.1) is 0 Å². The second-order valence-corrected chi connectivity index (χ2v) is 9.14. The van der Waals surface area contributed by atoms with Gasteiger partial charge in [-0.05, 0) is 71.5 Å². The number of Topliss-reactive ketones (excluding diaryl/α,β-unsaturated/α-hetero) is 1. The summed E-state index contributed by atoms with van der Waals surface area (Å²) in [7, 11) is 2.14. The fraction of sp³-hybridized carbons (Fsp3) is 0.652. The SMILES string of the molecule is C[C@H](Oc1nccc(-c2noc3c2CCC[C@@]32CCCCC2=O)n1)[C@@H]1CCCN1C. The summed E-state index contributed by atoms with van der Waals surface area (Å²) in [6.07, 6.45) is 10.4. The van der Waals surface area contributed by atoms with Gasteiger partial charge in [0.25, 0.3) is 0 Å². The van der Waals surface area contributed by atoms with Crippen LogP contribution in [0.3, 0.4) is 0 Å². The summed E-state index contributed by atoms with van der Waals surface area (Å²) in [5, 5.41) is 4.38. The van der Waals surface area contributed by atoms with Crippen molar-refractivity contribution >= 4 is 5.78 Å². The summed E-state index contributed by atoms with van der Waals surface area (Å²) in [6, 6.07) is 2.60. The molecule has 160 valence electrons. The van der Waals surface area contributed by atoms with Crippen molar-refractivity contribution in [3.05, 3.63) is 23.6 Å². The molecule has 5 rings (SSSR count). The minimum atomic E-state index is -0.467. The number of carbonyl (C=O) groups is 1. The lowest BCUT2D eigenvalue weighted by Gasteiger charge is -2.36. The van der Waals surface area contributed by atoms with Crippen LogP contribution in [0.1, 0.15) is 69.6 Å². The van der Waals surface area contributed by atoms with E-state index >= 15 is 0 Å². The lowest BCUT2D eigenvalue weighted by atomic mass is 9.64. The van der Waals surface area contributed by atoms with E-state index in [1.165, 1.54) is 6.42 Å². The topological polar surface area (TPSA) is 81.3 Å². The van der Waals surface area contributed by atoms with Gasteiger partial charge in [0.05, 0.1) is 11.1 Å². The van der Waals surface area contributed by atoms with Crippen LogP contribution in [0.5, 0.6) is 6.01 Å². The zero-order valence-electron chi connectivity index (χ0n) is 17.9. The molecular weight excluding hydrogens is 380 g/mol. The molecule has 1 saturated heterocycles. The summed E-state index contributed by atoms with van der Waals surface area (Å²) in [5.41, 5.74) is 2.02. The fourth-order valence-electron chi connectivity index (χ4n) is 5.70. The van der Waals surface area contributed by atoms with Gasteiger partial charge in [0, 0.05) is 24.2 Å². The van der Waals surface area contributed by atoms with Crippen LogP contribution in [0.4, 0.5) is 0 Å². The highest BCUT2D eigenvalue weighted by atomic mass is 16.5. The molecule has 30 heavy (non-hydrogen) atoms. The Morgan fingerprint density at radius 3 is 2.90 bits per heavy atom. The average Bonchev–Trinajstić information content (AvgIpc) is 3.37. The molecule has 0 unspecified atom stereocenters. The number of aromatic nitrogens is 3. The molecule has 0 radical (unpaired) electrons. The Hall–Kier alpha value is -2.28. The molecule has 0 bridgehead atoms. The molecule has 0 aromatic carbocycles. The van der Waals surface area contributed by atoms with Gasteiger partial charge in [0.1, 0.15) is 17.6 Å². The number of likely N-dealkylation sites (tertiary alicyclic amines) is 1. The fourth-order valence-corrected chi connectivity index (χ4v) is 5.70. The first kappa shape index (κ1) is 19.7. The second kappa shape index (κ2) is 7.76. The Morgan fingerprint density at radius 2 is 2.10 bits per heavy atom. The number of nitrogens with zero attached hydrogens (tertiary/aromatic N) is 4. The number of ether oxygens (including phenoxy) is 1. The van der Waals surface area contributed by atoms with E-state index in [9.17, 15) is 4.79 Å². The quantitative estimate of drug-likeness (QED) is 0.760. The van der Waals surface area contributed by atoms with Crippen molar-refractivity contribution in [3.8, 4) is 17.4 Å². The maximum atomic E-state index is 12.9. The van der Waals surface area contributed by atoms with Gasteiger partial charge in [-0.2, -0.15) is 4.98 Å². The van der Waals surface area contributed by atoms with E-state index in [2.05, 4.69) is 34.0 Å². The van der Waals surface area contributed by atoms with Gasteiger partial charge in [-0.25, -0.2) is 4.98 Å². The van der Waals surface area contributed by atoms with Crippen LogP contribution < -0.4 is 4.74 Å². The molecule has 3 aliphatic rings. The monoisotopic (exact) mass is 410 g/mol. The highest BCUT2D eigenvalue weighted by Gasteiger charge is 2.48. The minimum Gasteiger partial charge on any atom is -0.459 e. The summed E-state index contributed by atoms with van der Waals surface area (Å²) in [5.74, 6) is 1.11. The third-order valence-electron chi connectivity index (χ3n) is 7.33. The van der Waals surface area contributed by atoms with Crippen molar-refractivity contribution in [1.29, 1.82) is 0 Å². The van der Waals surface area contributed by atoms with E-state index in [4.69, 9.17) is 9.26 Å². The van der Waals surface area contributed by atoms with E-state index in [0.717, 1.165) is 68.5 Å². The van der Waals surface area contributed by atoms with Crippen LogP contribution in [0.15, 0.2) is 16.8 Å². The van der Waals surface area contributed by atoms with Crippen LogP contribution in [-0.4, -0.2) is 51.5 Å². The molecule has 7 heteroatoms. The van der Waals surface area contributed by atoms with Crippen molar-refractivity contribution in [2.75, 3.05) is 13.6 Å². The highest BCUT2D eigenvalue weighted by molar-refractivity contribution is 5.91. The maximum Gasteiger partial charge on any atom is 0.317 e. The number of carbonyl (C=O) groups excluding carboxylic acids is 1. The van der Waals surface area contributed by atoms with E-state index in [1.54, 1.807) is 6.20 Å². The van der Waals surface area contributed by atoms with Crippen molar-refractivity contribution < 1.29 is 14.1 Å². The summed E-state index contributed by atoms with van der Waals surface area (Å²) in [6.45, 7) is 3.18. The average molecular weight is 411 g/mol. The zero-order valence-corrected chi connectivity index (χ0v) is 17.9. The van der Waals surface area contributed by atoms with Crippen molar-refractivity contribution in [2.24, 2.45) is 0 Å². The predicted molar refractivity (Wildman–Crippen MR) is 111 cm³/mol. The molecule has 2 aromatic rings. The van der Waals surface area contributed by atoms with Crippen molar-refractivity contribution in [2.45, 2.75) is 82.3 Å². The molecule has 0 amide bonds. The normalized spacial score (nSPS) is 27.9. The Kier molecular flexibility index (Phi) is 5.09. The summed E-state index contributed by atoms with van der Waals surface area (Å²) >= 11 is 0. The molecule has 2 fully saturated rings. The van der Waals surface area contributed by atoms with Crippen molar-refractivity contribution in [3.63, 3.8) is 0 Å². The first-order valence-electron chi connectivity index (χ1n) is 11.3. The van der Waals surface area contributed by atoms with E-state index in [0.29, 0.717) is 30.0 Å². The highest BCUT2D eigenvalue weighted by Crippen LogP contribution is 2.47. The Balaban J connectivity index is 1.43. The molecule has 1 spiro atoms. The molecule has 0 N–H and O–H groups in total. The molecule has 3 heterocycles. The largest absolute Gasteiger partial charge is 0.459 e. The lowest BCUT2D eigenvalue weighted by molar-refractivity contribution is -0.128. The number of likely N-dealkylation sites (N-methyl/N-ethyl adjacent to an activating group) is 1. The molecule has 1 saturated carbocycles. The van der Waals surface area contributed by atoms with E-state index in [-0.39, 0.29) is 6.10 Å². The minimum absolute atomic E-state index is 0.0158. The molecule has 7 nitrogen and oxygen atoms in total. The Morgan fingerprint density at radius 1 is 1.23 bits per heavy atom. The zero-order chi connectivity index (χ0) is 20.7. The number of hydrogen-bond donors (Lipinski definition) is 0. The van der Waals surface area contributed by atoms with Crippen LogP contribution in [0.25, 0.3) is 11.4 Å². The van der Waals surface area contributed by atoms with Gasteiger partial charge in [-0.1, -0.05) is 11.6 Å². The van der Waals surface area contributed by atoms with Gasteiger partial charge >= 0.3 is 6.01 Å². The van der Waals surface area contributed by atoms with E-state index < -0.39 is 5.41 Å². The molecule has 2 aliphatic carbocycles. The van der Waals surface area contributed by atoms with Gasteiger partial charge in [-0.3, -0.25) is 9.69 Å². The number of ketones is 1. The van der Waals surface area contributed by atoms with Crippen molar-refractivity contribution in [1.82, 2.24) is 20.0 Å². The molecule has 1 aliphatic heterocycles. The van der Waals surface area contributed by atoms with Crippen LogP contribution >= 0.6 is 0 Å². The van der Waals surface area contributed by atoms with Gasteiger partial charge in [0.2, 0.25) is 0 Å². The number of fused-ring (bicyclic) bond motifs is 2. The number of hydrogen-bond acceptors (Lipinski definition) is 7. The molecule has 2 aromatic heterocycles. The third-order valence-corrected chi connectivity index (χ3v) is 7.33. The van der Waals surface area contributed by atoms with Crippen LogP contribution in [-0.2, 0) is 16.6 Å². The van der Waals surface area contributed by atoms with Crippen LogP contribution in [0, 0.1) is 0 Å². The first-order valence-corrected chi connectivity index (χ1v) is 11.3. The third kappa shape index (κ3) is 3.23. The number of rotatable bonds is 4. The van der Waals surface area contributed by atoms with E-state index in [1.807, 2.05) is 6.07 Å². The maximum absolute atomic E-state index is 12.9. The summed E-state index contributed by atoms with van der Waals surface area (Å²) in [4.78, 5) is 24.2. The summed E-state index contributed by atoms with van der Waals surface area (Å²) < 4.78 is 11.9. The van der Waals surface area contributed by atoms with Crippen LogP contribution in [0.2, 0.25) is 0 Å². The van der Waals surface area contributed by atoms with Gasteiger partial charge in [0.15, 0.2) is 5.76 Å². The predicted octanol–water partition coefficient (Wildman–Crippen LogP) is 3.71.